The van der Waals surface area contributed by atoms with Crippen LogP contribution < -0.4 is 23.8 Å². The second kappa shape index (κ2) is 14.5. The van der Waals surface area contributed by atoms with Gasteiger partial charge in [0.2, 0.25) is 11.8 Å². The van der Waals surface area contributed by atoms with Crippen molar-refractivity contribution in [2.75, 3.05) is 31.7 Å². The van der Waals surface area contributed by atoms with Crippen molar-refractivity contribution in [2.24, 2.45) is 0 Å². The Labute approximate surface area is 261 Å². The fraction of sp³-hybridized carbons (Fsp3) is 0.394. The Morgan fingerprint density at radius 2 is 1.59 bits per heavy atom. The van der Waals surface area contributed by atoms with Crippen LogP contribution in [0, 0.1) is 6.92 Å². The molecule has 238 valence electrons. The third kappa shape index (κ3) is 8.66. The number of ether oxygens (including phenoxy) is 3. The summed E-state index contributed by atoms with van der Waals surface area (Å²) < 4.78 is 45.6. The van der Waals surface area contributed by atoms with E-state index in [0.717, 1.165) is 15.4 Å². The summed E-state index contributed by atoms with van der Waals surface area (Å²) in [6, 6.07) is 17.4. The number of anilines is 1. The number of sulfonamides is 1. The Morgan fingerprint density at radius 1 is 0.932 bits per heavy atom. The number of carbonyl (C=O) groups is 2. The molecule has 11 heteroatoms. The van der Waals surface area contributed by atoms with Gasteiger partial charge in [-0.3, -0.25) is 13.9 Å². The number of aryl methyl sites for hydroxylation is 1. The van der Waals surface area contributed by atoms with Crippen molar-refractivity contribution in [3.63, 3.8) is 0 Å². The van der Waals surface area contributed by atoms with Gasteiger partial charge < -0.3 is 24.4 Å². The summed E-state index contributed by atoms with van der Waals surface area (Å²) in [6.45, 7) is 11.0. The van der Waals surface area contributed by atoms with Crippen LogP contribution in [0.25, 0.3) is 0 Å². The quantitative estimate of drug-likeness (QED) is 0.286. The van der Waals surface area contributed by atoms with Crippen LogP contribution in [0.1, 0.15) is 45.7 Å². The molecule has 44 heavy (non-hydrogen) atoms. The number of carbonyl (C=O) groups excluding carboxylic acids is 2. The SMILES string of the molecule is CCOc1ccc(N(CC(=O)N(Cc2cccc(C)c2)C(C)C(=O)NC(C)(C)C)S(=O)(=O)c2ccc(OC)c(OC)c2)cc1. The largest absolute Gasteiger partial charge is 0.494 e. The minimum Gasteiger partial charge on any atom is -0.494 e. The maximum Gasteiger partial charge on any atom is 0.264 e. The van der Waals surface area contributed by atoms with Crippen LogP contribution in [-0.2, 0) is 26.2 Å². The number of hydrogen-bond acceptors (Lipinski definition) is 7. The van der Waals surface area contributed by atoms with Crippen molar-refractivity contribution >= 4 is 27.5 Å². The molecule has 1 unspecified atom stereocenters. The molecule has 3 rings (SSSR count). The molecule has 3 aromatic rings. The smallest absolute Gasteiger partial charge is 0.264 e. The van der Waals surface area contributed by atoms with Gasteiger partial charge in [0.05, 0.1) is 31.4 Å². The molecule has 0 saturated carbocycles. The molecule has 0 saturated heterocycles. The van der Waals surface area contributed by atoms with E-state index in [4.69, 9.17) is 14.2 Å². The van der Waals surface area contributed by atoms with Crippen molar-refractivity contribution < 1.29 is 32.2 Å². The van der Waals surface area contributed by atoms with Gasteiger partial charge in [0.1, 0.15) is 18.3 Å². The highest BCUT2D eigenvalue weighted by atomic mass is 32.2. The zero-order chi connectivity index (χ0) is 32.7. The second-order valence-corrected chi connectivity index (χ2v) is 13.2. The normalized spacial score (nSPS) is 12.2. The highest BCUT2D eigenvalue weighted by molar-refractivity contribution is 7.92. The van der Waals surface area contributed by atoms with Crippen molar-refractivity contribution in [2.45, 2.75) is 64.6 Å². The Balaban J connectivity index is 2.09. The lowest BCUT2D eigenvalue weighted by Gasteiger charge is -2.33. The summed E-state index contributed by atoms with van der Waals surface area (Å²) in [6.07, 6.45) is 0. The molecule has 0 aromatic heterocycles. The van der Waals surface area contributed by atoms with E-state index >= 15 is 0 Å². The number of nitrogens with one attached hydrogen (secondary N) is 1. The number of hydrogen-bond donors (Lipinski definition) is 1. The van der Waals surface area contributed by atoms with Gasteiger partial charge in [0.25, 0.3) is 10.0 Å². The molecule has 0 bridgehead atoms. The molecule has 0 aliphatic heterocycles. The Bertz CT molecular complexity index is 1550. The Morgan fingerprint density at radius 3 is 2.16 bits per heavy atom. The highest BCUT2D eigenvalue weighted by Gasteiger charge is 2.34. The van der Waals surface area contributed by atoms with E-state index < -0.39 is 34.1 Å². The molecule has 0 heterocycles. The summed E-state index contributed by atoms with van der Waals surface area (Å²) in [5.41, 5.74) is 1.52. The predicted octanol–water partition coefficient (Wildman–Crippen LogP) is 4.94. The lowest BCUT2D eigenvalue weighted by Crippen LogP contribution is -2.54. The van der Waals surface area contributed by atoms with E-state index in [1.54, 1.807) is 31.2 Å². The Hall–Kier alpha value is -4.25. The highest BCUT2D eigenvalue weighted by Crippen LogP contribution is 2.33. The van der Waals surface area contributed by atoms with Gasteiger partial charge >= 0.3 is 0 Å². The van der Waals surface area contributed by atoms with Crippen molar-refractivity contribution in [3.05, 3.63) is 77.9 Å². The number of methoxy groups -OCH3 is 2. The van der Waals surface area contributed by atoms with E-state index in [-0.39, 0.29) is 28.8 Å². The molecule has 1 atom stereocenters. The summed E-state index contributed by atoms with van der Waals surface area (Å²) in [5.74, 6) is 0.229. The standard InChI is InChI=1S/C33H43N3O7S/c1-9-43-27-15-13-26(14-16-27)36(44(39,40)28-17-18-29(41-7)30(20-28)42-8)22-31(37)35(21-25-12-10-11-23(2)19-25)24(3)32(38)34-33(4,5)6/h10-20,24H,9,21-22H2,1-8H3,(H,34,38). The lowest BCUT2D eigenvalue weighted by atomic mass is 10.1. The second-order valence-electron chi connectivity index (χ2n) is 11.4. The molecule has 0 aliphatic rings. The molecular formula is C33H43N3O7S. The minimum atomic E-state index is -4.31. The van der Waals surface area contributed by atoms with Gasteiger partial charge in [-0.2, -0.15) is 0 Å². The molecule has 3 aromatic carbocycles. The van der Waals surface area contributed by atoms with Crippen LogP contribution in [0.5, 0.6) is 17.2 Å². The van der Waals surface area contributed by atoms with E-state index in [1.165, 1.54) is 37.3 Å². The zero-order valence-corrected chi connectivity index (χ0v) is 27.5. The minimum absolute atomic E-state index is 0.0967. The topological polar surface area (TPSA) is 114 Å². The van der Waals surface area contributed by atoms with Gasteiger partial charge in [-0.25, -0.2) is 8.42 Å². The third-order valence-corrected chi connectivity index (χ3v) is 8.53. The number of benzene rings is 3. The van der Waals surface area contributed by atoms with Gasteiger partial charge in [0.15, 0.2) is 11.5 Å². The van der Waals surface area contributed by atoms with Crippen LogP contribution in [0.15, 0.2) is 71.6 Å². The lowest BCUT2D eigenvalue weighted by molar-refractivity contribution is -0.140. The maximum absolute atomic E-state index is 14.2. The molecule has 10 nitrogen and oxygen atoms in total. The van der Waals surface area contributed by atoms with Crippen LogP contribution in [0.2, 0.25) is 0 Å². The van der Waals surface area contributed by atoms with Gasteiger partial charge in [0, 0.05) is 18.2 Å². The van der Waals surface area contributed by atoms with E-state index in [1.807, 2.05) is 58.9 Å². The first-order chi connectivity index (χ1) is 20.7. The average molecular weight is 626 g/mol. The van der Waals surface area contributed by atoms with E-state index in [9.17, 15) is 18.0 Å². The van der Waals surface area contributed by atoms with Gasteiger partial charge in [-0.15, -0.1) is 0 Å². The van der Waals surface area contributed by atoms with Crippen molar-refractivity contribution in [3.8, 4) is 17.2 Å². The van der Waals surface area contributed by atoms with Crippen molar-refractivity contribution in [1.29, 1.82) is 0 Å². The molecule has 0 aliphatic carbocycles. The molecule has 0 fully saturated rings. The number of rotatable bonds is 13. The predicted molar refractivity (Wildman–Crippen MR) is 171 cm³/mol. The summed E-state index contributed by atoms with van der Waals surface area (Å²) in [5, 5.41) is 2.93. The van der Waals surface area contributed by atoms with Crippen LogP contribution in [0.4, 0.5) is 5.69 Å². The summed E-state index contributed by atoms with van der Waals surface area (Å²) in [4.78, 5) is 28.8. The Kier molecular flexibility index (Phi) is 11.3. The zero-order valence-electron chi connectivity index (χ0n) is 26.7. The molecule has 1 N–H and O–H groups in total. The first-order valence-corrected chi connectivity index (χ1v) is 15.8. The first kappa shape index (κ1) is 34.2. The van der Waals surface area contributed by atoms with Gasteiger partial charge in [-0.05, 0) is 83.5 Å². The summed E-state index contributed by atoms with van der Waals surface area (Å²) in [7, 11) is -1.44. The monoisotopic (exact) mass is 625 g/mol. The van der Waals surface area contributed by atoms with Gasteiger partial charge in [-0.1, -0.05) is 29.8 Å². The average Bonchev–Trinajstić information content (AvgIpc) is 2.97. The maximum atomic E-state index is 14.2. The molecular weight excluding hydrogens is 582 g/mol. The first-order valence-electron chi connectivity index (χ1n) is 14.3. The van der Waals surface area contributed by atoms with Crippen LogP contribution >= 0.6 is 0 Å². The fourth-order valence-electron chi connectivity index (χ4n) is 4.57. The van der Waals surface area contributed by atoms with Crippen LogP contribution in [0.3, 0.4) is 0 Å². The number of nitrogens with zero attached hydrogens (tertiary/aromatic N) is 2. The summed E-state index contributed by atoms with van der Waals surface area (Å²) >= 11 is 0. The molecule has 2 amide bonds. The fourth-order valence-corrected chi connectivity index (χ4v) is 6.00. The van der Waals surface area contributed by atoms with E-state index in [0.29, 0.717) is 18.1 Å². The molecule has 0 radical (unpaired) electrons. The van der Waals surface area contributed by atoms with Crippen molar-refractivity contribution in [1.82, 2.24) is 10.2 Å². The third-order valence-electron chi connectivity index (χ3n) is 6.76. The molecule has 0 spiro atoms. The number of amides is 2. The van der Waals surface area contributed by atoms with Crippen LogP contribution in [-0.4, -0.2) is 64.1 Å². The van der Waals surface area contributed by atoms with E-state index in [2.05, 4.69) is 5.32 Å².